The van der Waals surface area contributed by atoms with E-state index in [4.69, 9.17) is 5.11 Å². The van der Waals surface area contributed by atoms with Gasteiger partial charge in [-0.1, -0.05) is 0 Å². The lowest BCUT2D eigenvalue weighted by atomic mass is 10.3. The molecule has 0 unspecified atom stereocenters. The van der Waals surface area contributed by atoms with Gasteiger partial charge in [0.05, 0.1) is 0 Å². The van der Waals surface area contributed by atoms with Gasteiger partial charge in [0.15, 0.2) is 0 Å². The number of carboxylic acids is 1. The Morgan fingerprint density at radius 3 is 2.33 bits per heavy atom. The van der Waals surface area contributed by atoms with Crippen LogP contribution < -0.4 is 5.32 Å². The van der Waals surface area contributed by atoms with Crippen molar-refractivity contribution in [2.75, 3.05) is 19.3 Å². The molecule has 0 aromatic carbocycles. The Labute approximate surface area is 93.0 Å². The number of carbonyl (C=O) groups is 3. The maximum absolute atomic E-state index is 11.5. The van der Waals surface area contributed by atoms with Gasteiger partial charge in [-0.05, 0) is 0 Å². The van der Waals surface area contributed by atoms with Gasteiger partial charge in [-0.2, -0.15) is 12.6 Å². The summed E-state index contributed by atoms with van der Waals surface area (Å²) in [4.78, 5) is 33.6. The normalized spacial score (nSPS) is 11.7. The predicted molar refractivity (Wildman–Crippen MR) is 56.7 cm³/mol. The van der Waals surface area contributed by atoms with E-state index in [0.29, 0.717) is 0 Å². The highest BCUT2D eigenvalue weighted by Gasteiger charge is 2.22. The third kappa shape index (κ3) is 5.26. The summed E-state index contributed by atoms with van der Waals surface area (Å²) in [6.45, 7) is 0.879. The van der Waals surface area contributed by atoms with Crippen LogP contribution in [0.3, 0.4) is 0 Å². The van der Waals surface area contributed by atoms with E-state index < -0.39 is 24.5 Å². The molecule has 0 heterocycles. The summed E-state index contributed by atoms with van der Waals surface area (Å²) in [6, 6.07) is -0.782. The molecule has 0 saturated heterocycles. The predicted octanol–water partition coefficient (Wildman–Crippen LogP) is -1.04. The SMILES string of the molecule is CC(=O)N[C@@H](CS)C(=O)N(C)CC(=O)O. The number of hydrogen-bond acceptors (Lipinski definition) is 4. The molecular weight excluding hydrogens is 220 g/mol. The van der Waals surface area contributed by atoms with Crippen molar-refractivity contribution >= 4 is 30.4 Å². The molecule has 0 aliphatic rings. The minimum absolute atomic E-state index is 0.127. The maximum atomic E-state index is 11.5. The average Bonchev–Trinajstić information content (AvgIpc) is 2.11. The van der Waals surface area contributed by atoms with Crippen molar-refractivity contribution in [3.05, 3.63) is 0 Å². The molecule has 0 rings (SSSR count). The Morgan fingerprint density at radius 1 is 1.47 bits per heavy atom. The summed E-state index contributed by atoms with van der Waals surface area (Å²) < 4.78 is 0. The Hall–Kier alpha value is -1.24. The number of carboxylic acid groups (broad SMARTS) is 1. The molecule has 0 aromatic rings. The van der Waals surface area contributed by atoms with Crippen LogP contribution in [0.25, 0.3) is 0 Å². The molecule has 2 amide bonds. The fraction of sp³-hybridized carbons (Fsp3) is 0.625. The molecule has 0 bridgehead atoms. The van der Waals surface area contributed by atoms with Crippen molar-refractivity contribution in [3.63, 3.8) is 0 Å². The quantitative estimate of drug-likeness (QED) is 0.531. The highest BCUT2D eigenvalue weighted by atomic mass is 32.1. The van der Waals surface area contributed by atoms with Crippen LogP contribution in [0.15, 0.2) is 0 Å². The summed E-state index contributed by atoms with van der Waals surface area (Å²) in [5, 5.41) is 10.9. The zero-order valence-electron chi connectivity index (χ0n) is 8.56. The summed E-state index contributed by atoms with van der Waals surface area (Å²) >= 11 is 3.91. The highest BCUT2D eigenvalue weighted by molar-refractivity contribution is 7.80. The van der Waals surface area contributed by atoms with Gasteiger partial charge in [-0.3, -0.25) is 14.4 Å². The lowest BCUT2D eigenvalue weighted by Crippen LogP contribution is -2.49. The first-order valence-corrected chi connectivity index (χ1v) is 4.86. The lowest BCUT2D eigenvalue weighted by molar-refractivity contribution is -0.144. The summed E-state index contributed by atoms with van der Waals surface area (Å²) in [5.41, 5.74) is 0. The van der Waals surface area contributed by atoms with Gasteiger partial charge in [0, 0.05) is 19.7 Å². The molecule has 0 aromatic heterocycles. The van der Waals surface area contributed by atoms with Crippen LogP contribution >= 0.6 is 12.6 Å². The van der Waals surface area contributed by atoms with Gasteiger partial charge in [0.1, 0.15) is 12.6 Å². The van der Waals surface area contributed by atoms with E-state index in [-0.39, 0.29) is 11.7 Å². The van der Waals surface area contributed by atoms with Crippen molar-refractivity contribution in [2.24, 2.45) is 0 Å². The second-order valence-electron chi connectivity index (χ2n) is 3.02. The second-order valence-corrected chi connectivity index (χ2v) is 3.39. The smallest absolute Gasteiger partial charge is 0.323 e. The number of rotatable bonds is 5. The third-order valence-electron chi connectivity index (χ3n) is 1.61. The molecule has 0 fully saturated rings. The van der Waals surface area contributed by atoms with Gasteiger partial charge in [0.2, 0.25) is 11.8 Å². The molecule has 7 heteroatoms. The van der Waals surface area contributed by atoms with Crippen LogP contribution in [-0.4, -0.2) is 53.2 Å². The van der Waals surface area contributed by atoms with E-state index in [1.807, 2.05) is 0 Å². The van der Waals surface area contributed by atoms with Gasteiger partial charge in [-0.25, -0.2) is 0 Å². The minimum Gasteiger partial charge on any atom is -0.480 e. The monoisotopic (exact) mass is 234 g/mol. The van der Waals surface area contributed by atoms with Crippen molar-refractivity contribution in [3.8, 4) is 0 Å². The standard InChI is InChI=1S/C8H14N2O4S/c1-5(11)9-6(4-15)8(14)10(2)3-7(12)13/h6,15H,3-4H2,1-2H3,(H,9,11)(H,12,13)/t6-/m0/s1. The lowest BCUT2D eigenvalue weighted by Gasteiger charge is -2.21. The van der Waals surface area contributed by atoms with Crippen molar-refractivity contribution in [1.82, 2.24) is 10.2 Å². The van der Waals surface area contributed by atoms with Gasteiger partial charge >= 0.3 is 5.97 Å². The zero-order valence-corrected chi connectivity index (χ0v) is 9.45. The van der Waals surface area contributed by atoms with Crippen LogP contribution in [0.1, 0.15) is 6.92 Å². The number of nitrogens with zero attached hydrogens (tertiary/aromatic N) is 1. The number of thiol groups is 1. The fourth-order valence-electron chi connectivity index (χ4n) is 0.978. The third-order valence-corrected chi connectivity index (χ3v) is 1.97. The van der Waals surface area contributed by atoms with E-state index in [1.165, 1.54) is 14.0 Å². The van der Waals surface area contributed by atoms with Crippen molar-refractivity contribution < 1.29 is 19.5 Å². The number of hydrogen-bond donors (Lipinski definition) is 3. The molecule has 0 aliphatic heterocycles. The second kappa shape index (κ2) is 6.28. The summed E-state index contributed by atoms with van der Waals surface area (Å²) in [5.74, 6) is -1.80. The first kappa shape index (κ1) is 13.8. The number of carbonyl (C=O) groups excluding carboxylic acids is 2. The molecule has 2 N–H and O–H groups in total. The number of nitrogens with one attached hydrogen (secondary N) is 1. The van der Waals surface area contributed by atoms with Gasteiger partial charge in [0.25, 0.3) is 0 Å². The molecule has 0 radical (unpaired) electrons. The largest absolute Gasteiger partial charge is 0.480 e. The van der Waals surface area contributed by atoms with Crippen LogP contribution in [0, 0.1) is 0 Å². The Kier molecular flexibility index (Phi) is 5.76. The topological polar surface area (TPSA) is 86.7 Å². The average molecular weight is 234 g/mol. The molecule has 0 saturated carbocycles. The van der Waals surface area contributed by atoms with E-state index in [0.717, 1.165) is 4.90 Å². The van der Waals surface area contributed by atoms with Crippen LogP contribution in [0.5, 0.6) is 0 Å². The van der Waals surface area contributed by atoms with E-state index in [9.17, 15) is 14.4 Å². The van der Waals surface area contributed by atoms with Crippen LogP contribution in [-0.2, 0) is 14.4 Å². The molecule has 15 heavy (non-hydrogen) atoms. The first-order valence-electron chi connectivity index (χ1n) is 4.23. The Balaban J connectivity index is 4.36. The summed E-state index contributed by atoms with van der Waals surface area (Å²) in [7, 11) is 1.36. The first-order chi connectivity index (χ1) is 6.88. The minimum atomic E-state index is -1.11. The highest BCUT2D eigenvalue weighted by Crippen LogP contribution is 1.95. The van der Waals surface area contributed by atoms with Crippen LogP contribution in [0.2, 0.25) is 0 Å². The molecule has 1 atom stereocenters. The Bertz CT molecular complexity index is 269. The molecule has 86 valence electrons. The molecule has 6 nitrogen and oxygen atoms in total. The number of likely N-dealkylation sites (N-methyl/N-ethyl adjacent to an activating group) is 1. The molecular formula is C8H14N2O4S. The van der Waals surface area contributed by atoms with E-state index >= 15 is 0 Å². The van der Waals surface area contributed by atoms with Crippen LogP contribution in [0.4, 0.5) is 0 Å². The Morgan fingerprint density at radius 2 is 2.00 bits per heavy atom. The number of aliphatic carboxylic acids is 1. The van der Waals surface area contributed by atoms with Crippen molar-refractivity contribution in [2.45, 2.75) is 13.0 Å². The van der Waals surface area contributed by atoms with E-state index in [1.54, 1.807) is 0 Å². The van der Waals surface area contributed by atoms with E-state index in [2.05, 4.69) is 17.9 Å². The summed E-state index contributed by atoms with van der Waals surface area (Å²) in [6.07, 6.45) is 0. The molecule has 0 spiro atoms. The molecule has 0 aliphatic carbocycles. The fourth-order valence-corrected chi connectivity index (χ4v) is 1.23. The van der Waals surface area contributed by atoms with Gasteiger partial charge in [-0.15, -0.1) is 0 Å². The van der Waals surface area contributed by atoms with Gasteiger partial charge < -0.3 is 15.3 Å². The van der Waals surface area contributed by atoms with Crippen molar-refractivity contribution in [1.29, 1.82) is 0 Å². The maximum Gasteiger partial charge on any atom is 0.323 e. The zero-order chi connectivity index (χ0) is 12.0. The number of amides is 2.